The highest BCUT2D eigenvalue weighted by Gasteiger charge is 2.20. The van der Waals surface area contributed by atoms with E-state index in [0.29, 0.717) is 11.3 Å². The summed E-state index contributed by atoms with van der Waals surface area (Å²) in [5.74, 6) is -0.986. The van der Waals surface area contributed by atoms with Crippen molar-refractivity contribution in [2.45, 2.75) is 6.92 Å². The maximum Gasteiger partial charge on any atom is 0.354 e. The fraction of sp³-hybridized carbons (Fsp3) is 0.133. The molecule has 0 fully saturated rings. The van der Waals surface area contributed by atoms with Gasteiger partial charge in [0.25, 0.3) is 0 Å². The number of carboxylic acids is 1. The molecular weight excluding hydrogens is 268 g/mol. The lowest BCUT2D eigenvalue weighted by molar-refractivity contribution is 0.0686. The van der Waals surface area contributed by atoms with Gasteiger partial charge >= 0.3 is 5.97 Å². The van der Waals surface area contributed by atoms with Crippen LogP contribution in [0, 0.1) is 6.92 Å². The molecule has 0 unspecified atom stereocenters. The zero-order chi connectivity index (χ0) is 15.0. The molecule has 3 rings (SSSR count). The quantitative estimate of drug-likeness (QED) is 0.773. The summed E-state index contributed by atoms with van der Waals surface area (Å²) in [5, 5.41) is 20.4. The van der Waals surface area contributed by atoms with Crippen LogP contribution in [0.25, 0.3) is 22.4 Å². The fourth-order valence-electron chi connectivity index (χ4n) is 2.51. The van der Waals surface area contributed by atoms with Gasteiger partial charge in [0.15, 0.2) is 5.69 Å². The van der Waals surface area contributed by atoms with Gasteiger partial charge in [0.05, 0.1) is 11.4 Å². The number of rotatable bonds is 3. The molecule has 6 nitrogen and oxygen atoms in total. The zero-order valence-corrected chi connectivity index (χ0v) is 11.7. The van der Waals surface area contributed by atoms with Gasteiger partial charge in [0, 0.05) is 24.4 Å². The fourth-order valence-corrected chi connectivity index (χ4v) is 2.51. The van der Waals surface area contributed by atoms with Gasteiger partial charge in [-0.25, -0.2) is 4.79 Å². The number of aryl methyl sites for hydroxylation is 2. The second-order valence-corrected chi connectivity index (χ2v) is 4.79. The van der Waals surface area contributed by atoms with E-state index in [4.69, 9.17) is 0 Å². The lowest BCUT2D eigenvalue weighted by atomic mass is 10.00. The molecule has 0 aliphatic carbocycles. The summed E-state index contributed by atoms with van der Waals surface area (Å²) in [6, 6.07) is 9.53. The van der Waals surface area contributed by atoms with Crippen molar-refractivity contribution in [2.75, 3.05) is 0 Å². The van der Waals surface area contributed by atoms with E-state index in [1.165, 1.54) is 4.68 Å². The number of aromatic carboxylic acids is 1. The van der Waals surface area contributed by atoms with Crippen molar-refractivity contribution in [3.8, 4) is 22.4 Å². The molecule has 0 bridgehead atoms. The number of aromatic nitrogens is 4. The van der Waals surface area contributed by atoms with Gasteiger partial charge in [0.1, 0.15) is 0 Å². The smallest absolute Gasteiger partial charge is 0.354 e. The van der Waals surface area contributed by atoms with Crippen LogP contribution < -0.4 is 0 Å². The standard InChI is InChI=1S/C15H14N4O2/c1-9-13(14(15(20)21)19(2)18-9)11-5-3-4-10(8-11)12-6-7-16-17-12/h3-8H,1-2H3,(H,16,17)(H,20,21). The lowest BCUT2D eigenvalue weighted by Gasteiger charge is -2.05. The number of benzene rings is 1. The van der Waals surface area contributed by atoms with Crippen LogP contribution in [-0.4, -0.2) is 31.1 Å². The van der Waals surface area contributed by atoms with E-state index in [1.807, 2.05) is 37.3 Å². The molecule has 106 valence electrons. The van der Waals surface area contributed by atoms with Gasteiger partial charge in [-0.1, -0.05) is 18.2 Å². The van der Waals surface area contributed by atoms with Gasteiger partial charge in [-0.15, -0.1) is 0 Å². The maximum atomic E-state index is 11.5. The summed E-state index contributed by atoms with van der Waals surface area (Å²) < 4.78 is 1.40. The Bertz CT molecular complexity index is 803. The summed E-state index contributed by atoms with van der Waals surface area (Å²) in [6.45, 7) is 1.81. The van der Waals surface area contributed by atoms with E-state index in [1.54, 1.807) is 13.2 Å². The molecule has 1 aromatic carbocycles. The number of hydrogen-bond donors (Lipinski definition) is 2. The molecule has 3 aromatic rings. The van der Waals surface area contributed by atoms with Crippen molar-refractivity contribution in [3.05, 3.63) is 47.9 Å². The zero-order valence-electron chi connectivity index (χ0n) is 11.7. The number of aromatic amines is 1. The lowest BCUT2D eigenvalue weighted by Crippen LogP contribution is -2.06. The largest absolute Gasteiger partial charge is 0.477 e. The van der Waals surface area contributed by atoms with Crippen molar-refractivity contribution in [1.29, 1.82) is 0 Å². The molecule has 0 saturated carbocycles. The van der Waals surface area contributed by atoms with Gasteiger partial charge in [-0.05, 0) is 24.6 Å². The average Bonchev–Trinajstić information content (AvgIpc) is 3.06. The van der Waals surface area contributed by atoms with Crippen molar-refractivity contribution < 1.29 is 9.90 Å². The average molecular weight is 282 g/mol. The predicted molar refractivity (Wildman–Crippen MR) is 77.9 cm³/mol. The number of nitrogens with one attached hydrogen (secondary N) is 1. The first-order valence-electron chi connectivity index (χ1n) is 6.45. The summed E-state index contributed by atoms with van der Waals surface area (Å²) in [5.41, 5.74) is 4.18. The molecule has 0 atom stereocenters. The highest BCUT2D eigenvalue weighted by Crippen LogP contribution is 2.30. The SMILES string of the molecule is Cc1nn(C)c(C(=O)O)c1-c1cccc(-c2ccn[nH]2)c1. The number of carboxylic acid groups (broad SMARTS) is 1. The Morgan fingerprint density at radius 1 is 1.29 bits per heavy atom. The van der Waals surface area contributed by atoms with Crippen LogP contribution in [0.4, 0.5) is 0 Å². The minimum Gasteiger partial charge on any atom is -0.477 e. The van der Waals surface area contributed by atoms with Gasteiger partial charge in [-0.2, -0.15) is 10.2 Å². The highest BCUT2D eigenvalue weighted by atomic mass is 16.4. The Morgan fingerprint density at radius 3 is 2.71 bits per heavy atom. The Hall–Kier alpha value is -2.89. The number of H-pyrrole nitrogens is 1. The van der Waals surface area contributed by atoms with Crippen LogP contribution in [0.2, 0.25) is 0 Å². The molecule has 2 heterocycles. The second-order valence-electron chi connectivity index (χ2n) is 4.79. The van der Waals surface area contributed by atoms with E-state index in [0.717, 1.165) is 16.8 Å². The first-order valence-corrected chi connectivity index (χ1v) is 6.45. The topological polar surface area (TPSA) is 83.8 Å². The van der Waals surface area contributed by atoms with Crippen LogP contribution in [-0.2, 0) is 7.05 Å². The predicted octanol–water partition coefficient (Wildman–Crippen LogP) is 2.48. The number of hydrogen-bond acceptors (Lipinski definition) is 3. The third-order valence-corrected chi connectivity index (χ3v) is 3.39. The highest BCUT2D eigenvalue weighted by molar-refractivity contribution is 5.95. The summed E-state index contributed by atoms with van der Waals surface area (Å²) >= 11 is 0. The molecule has 2 aromatic heterocycles. The van der Waals surface area contributed by atoms with E-state index >= 15 is 0 Å². The van der Waals surface area contributed by atoms with Crippen LogP contribution in [0.1, 0.15) is 16.2 Å². The first kappa shape index (κ1) is 13.1. The molecule has 0 spiro atoms. The summed E-state index contributed by atoms with van der Waals surface area (Å²) in [7, 11) is 1.64. The molecular formula is C15H14N4O2. The molecule has 0 radical (unpaired) electrons. The number of nitrogens with zero attached hydrogens (tertiary/aromatic N) is 3. The van der Waals surface area contributed by atoms with Gasteiger partial charge in [-0.3, -0.25) is 9.78 Å². The van der Waals surface area contributed by atoms with Crippen molar-refractivity contribution in [2.24, 2.45) is 7.05 Å². The molecule has 0 aliphatic heterocycles. The van der Waals surface area contributed by atoms with Crippen molar-refractivity contribution >= 4 is 5.97 Å². The molecule has 21 heavy (non-hydrogen) atoms. The normalized spacial score (nSPS) is 10.8. The maximum absolute atomic E-state index is 11.5. The van der Waals surface area contributed by atoms with Crippen molar-refractivity contribution in [1.82, 2.24) is 20.0 Å². The van der Waals surface area contributed by atoms with Crippen LogP contribution in [0.15, 0.2) is 36.5 Å². The molecule has 0 saturated heterocycles. The van der Waals surface area contributed by atoms with E-state index < -0.39 is 5.97 Å². The Morgan fingerprint density at radius 2 is 2.05 bits per heavy atom. The third kappa shape index (κ3) is 2.20. The third-order valence-electron chi connectivity index (χ3n) is 3.39. The van der Waals surface area contributed by atoms with Crippen LogP contribution in [0.5, 0.6) is 0 Å². The summed E-state index contributed by atoms with van der Waals surface area (Å²) in [4.78, 5) is 11.5. The molecule has 0 aliphatic rings. The van der Waals surface area contributed by atoms with Crippen molar-refractivity contribution in [3.63, 3.8) is 0 Å². The van der Waals surface area contributed by atoms with E-state index in [2.05, 4.69) is 15.3 Å². The van der Waals surface area contributed by atoms with Gasteiger partial charge < -0.3 is 5.11 Å². The minimum atomic E-state index is -0.986. The Kier molecular flexibility index (Phi) is 3.06. The monoisotopic (exact) mass is 282 g/mol. The summed E-state index contributed by atoms with van der Waals surface area (Å²) in [6.07, 6.45) is 1.68. The van der Waals surface area contributed by atoms with Gasteiger partial charge in [0.2, 0.25) is 0 Å². The van der Waals surface area contributed by atoms with Crippen LogP contribution >= 0.6 is 0 Å². The second kappa shape index (κ2) is 4.90. The number of carbonyl (C=O) groups is 1. The Balaban J connectivity index is 2.18. The van der Waals surface area contributed by atoms with Crippen LogP contribution in [0.3, 0.4) is 0 Å². The molecule has 6 heteroatoms. The van der Waals surface area contributed by atoms with E-state index in [-0.39, 0.29) is 5.69 Å². The minimum absolute atomic E-state index is 0.189. The molecule has 2 N–H and O–H groups in total. The first-order chi connectivity index (χ1) is 10.1. The molecule has 0 amide bonds. The van der Waals surface area contributed by atoms with E-state index in [9.17, 15) is 9.90 Å². The Labute approximate surface area is 121 Å².